The largest absolute Gasteiger partial charge is 0.481 e. The molecule has 0 aromatic rings. The Morgan fingerprint density at radius 1 is 0.848 bits per heavy atom. The number of carboxylic acids is 1. The van der Waals surface area contributed by atoms with Crippen LogP contribution in [0.2, 0.25) is 0 Å². The molecule has 0 spiro atoms. The van der Waals surface area contributed by atoms with Crippen molar-refractivity contribution in [2.45, 2.75) is 149 Å². The minimum Gasteiger partial charge on any atom is -0.481 e. The van der Waals surface area contributed by atoms with Crippen molar-refractivity contribution in [1.29, 1.82) is 0 Å². The molecular formula is C37H58O9. The molecule has 0 radical (unpaired) electrons. The van der Waals surface area contributed by atoms with Gasteiger partial charge in [-0.25, -0.2) is 4.79 Å². The summed E-state index contributed by atoms with van der Waals surface area (Å²) in [7, 11) is 1.18. The molecule has 9 nitrogen and oxygen atoms in total. The van der Waals surface area contributed by atoms with Gasteiger partial charge in [-0.3, -0.25) is 4.79 Å². The molecule has 0 aromatic carbocycles. The fourth-order valence-electron chi connectivity index (χ4n) is 12.3. The van der Waals surface area contributed by atoms with E-state index in [1.54, 1.807) is 0 Å². The second-order valence-electron chi connectivity index (χ2n) is 18.1. The van der Waals surface area contributed by atoms with Crippen LogP contribution in [0.3, 0.4) is 0 Å². The fraction of sp³-hybridized carbons (Fsp3) is 0.892. The Hall–Kier alpha value is -1.52. The first-order valence-electron chi connectivity index (χ1n) is 17.7. The molecular weight excluding hydrogens is 588 g/mol. The van der Waals surface area contributed by atoms with Crippen molar-refractivity contribution in [3.8, 4) is 0 Å². The molecule has 0 unspecified atom stereocenters. The Labute approximate surface area is 274 Å². The number of ether oxygens (including phenoxy) is 3. The summed E-state index contributed by atoms with van der Waals surface area (Å²) in [6.45, 7) is 16.5. The van der Waals surface area contributed by atoms with E-state index in [2.05, 4.69) is 54.5 Å². The van der Waals surface area contributed by atoms with E-state index in [9.17, 15) is 30.0 Å². The highest BCUT2D eigenvalue weighted by Crippen LogP contribution is 2.76. The zero-order valence-electron chi connectivity index (χ0n) is 29.2. The second kappa shape index (κ2) is 11.0. The lowest BCUT2D eigenvalue weighted by Gasteiger charge is -2.71. The molecule has 13 atom stereocenters. The molecule has 6 rings (SSSR count). The molecule has 5 aliphatic carbocycles. The second-order valence-corrected chi connectivity index (χ2v) is 18.1. The van der Waals surface area contributed by atoms with E-state index in [1.807, 2.05) is 0 Å². The van der Waals surface area contributed by atoms with Crippen LogP contribution < -0.4 is 0 Å². The van der Waals surface area contributed by atoms with Gasteiger partial charge >= 0.3 is 11.9 Å². The van der Waals surface area contributed by atoms with Gasteiger partial charge in [-0.05, 0) is 109 Å². The van der Waals surface area contributed by atoms with Gasteiger partial charge in [0, 0.05) is 0 Å². The summed E-state index contributed by atoms with van der Waals surface area (Å²) in [5, 5.41) is 42.4. The lowest BCUT2D eigenvalue weighted by molar-refractivity contribution is -0.324. The highest BCUT2D eigenvalue weighted by molar-refractivity contribution is 5.77. The predicted octanol–water partition coefficient (Wildman–Crippen LogP) is 5.24. The molecule has 4 saturated carbocycles. The number of fused-ring (bicyclic) bond motifs is 7. The molecule has 0 bridgehead atoms. The summed E-state index contributed by atoms with van der Waals surface area (Å²) in [6.07, 6.45) is 3.73. The topological polar surface area (TPSA) is 143 Å². The molecule has 9 heteroatoms. The van der Waals surface area contributed by atoms with Crippen molar-refractivity contribution < 1.29 is 44.2 Å². The number of carbonyl (C=O) groups excluding carboxylic acids is 1. The number of methoxy groups -OCH3 is 1. The average molecular weight is 647 g/mol. The zero-order valence-corrected chi connectivity index (χ0v) is 29.2. The number of hydrogen-bond donors (Lipinski definition) is 4. The van der Waals surface area contributed by atoms with Gasteiger partial charge in [-0.2, -0.15) is 0 Å². The molecule has 1 aliphatic heterocycles. The van der Waals surface area contributed by atoms with Crippen molar-refractivity contribution >= 4 is 11.9 Å². The Kier molecular flexibility index (Phi) is 8.21. The Bertz CT molecular complexity index is 1280. The van der Waals surface area contributed by atoms with Gasteiger partial charge in [0.1, 0.15) is 18.3 Å². The number of allylic oxidation sites excluding steroid dienone is 2. The van der Waals surface area contributed by atoms with Gasteiger partial charge in [0.25, 0.3) is 0 Å². The van der Waals surface area contributed by atoms with Gasteiger partial charge in [-0.15, -0.1) is 0 Å². The van der Waals surface area contributed by atoms with Gasteiger partial charge in [0.15, 0.2) is 12.4 Å². The summed E-state index contributed by atoms with van der Waals surface area (Å²) in [4.78, 5) is 25.2. The number of carbonyl (C=O) groups is 2. The third kappa shape index (κ3) is 4.64. The standard InChI is InChI=1S/C37H58O9/c1-32(2)15-17-37(31(42)43)18-16-35(6)20(21(37)19-32)9-10-23-34(5)13-12-24(33(3,4)22(34)11-14-36(23,35)7)45-30-27(40)25(38)26(39)28(46-30)29(41)44-8/h9,21-28,30,38-40H,10-19H2,1-8H3,(H,42,43)/t21-,22+,23-,24+,25+,26+,27-,28+,30-,34+,35-,36-,37+/m1/s1. The number of aliphatic carboxylic acids is 1. The van der Waals surface area contributed by atoms with Crippen molar-refractivity contribution in [2.75, 3.05) is 7.11 Å². The summed E-state index contributed by atoms with van der Waals surface area (Å²) in [6, 6.07) is 0. The number of esters is 1. The van der Waals surface area contributed by atoms with Crippen LogP contribution in [-0.4, -0.2) is 76.3 Å². The van der Waals surface area contributed by atoms with Crippen molar-refractivity contribution in [2.24, 2.45) is 50.2 Å². The number of carboxylic acid groups (broad SMARTS) is 1. The van der Waals surface area contributed by atoms with Gasteiger partial charge < -0.3 is 34.6 Å². The third-order valence-electron chi connectivity index (χ3n) is 15.3. The van der Waals surface area contributed by atoms with E-state index >= 15 is 0 Å². The molecule has 0 amide bonds. The Balaban J connectivity index is 1.28. The maximum atomic E-state index is 13.0. The molecule has 260 valence electrons. The van der Waals surface area contributed by atoms with Crippen molar-refractivity contribution in [3.63, 3.8) is 0 Å². The van der Waals surface area contributed by atoms with Crippen LogP contribution in [0.1, 0.15) is 113 Å². The zero-order chi connectivity index (χ0) is 33.8. The maximum absolute atomic E-state index is 13.0. The highest BCUT2D eigenvalue weighted by atomic mass is 16.7. The quantitative estimate of drug-likeness (QED) is 0.183. The SMILES string of the molecule is COC(=O)[C@H]1O[C@@H](O[C@H]2CC[C@]3(C)[C@H]4CC=C5[C@H]6CC(C)(C)CC[C@]6(C(=O)O)CC[C@@]5(C)[C@]4(C)CC[C@H]3C2(C)C)[C@H](O)[C@@H](O)[C@@H]1O. The summed E-state index contributed by atoms with van der Waals surface area (Å²) in [5.74, 6) is -0.600. The minimum atomic E-state index is -1.62. The van der Waals surface area contributed by atoms with Crippen molar-refractivity contribution in [1.82, 2.24) is 0 Å². The smallest absolute Gasteiger partial charge is 0.337 e. The van der Waals surface area contributed by atoms with Crippen LogP contribution in [0.15, 0.2) is 11.6 Å². The molecule has 6 aliphatic rings. The highest BCUT2D eigenvalue weighted by Gasteiger charge is 2.69. The summed E-state index contributed by atoms with van der Waals surface area (Å²) in [5.41, 5.74) is 0.605. The molecule has 46 heavy (non-hydrogen) atoms. The monoisotopic (exact) mass is 646 g/mol. The van der Waals surface area contributed by atoms with Crippen LogP contribution in [0.5, 0.6) is 0 Å². The van der Waals surface area contributed by atoms with Crippen LogP contribution in [0.4, 0.5) is 0 Å². The van der Waals surface area contributed by atoms with E-state index < -0.39 is 48.1 Å². The number of rotatable bonds is 4. The third-order valence-corrected chi connectivity index (χ3v) is 15.3. The minimum absolute atomic E-state index is 0.0187. The van der Waals surface area contributed by atoms with Gasteiger partial charge in [0.2, 0.25) is 0 Å². The first-order valence-corrected chi connectivity index (χ1v) is 17.7. The molecule has 0 aromatic heterocycles. The maximum Gasteiger partial charge on any atom is 0.337 e. The lowest BCUT2D eigenvalue weighted by atomic mass is 9.33. The first kappa shape index (κ1) is 34.3. The van der Waals surface area contributed by atoms with E-state index in [0.29, 0.717) is 11.8 Å². The number of aliphatic hydroxyl groups is 3. The van der Waals surface area contributed by atoms with Crippen LogP contribution in [0.25, 0.3) is 0 Å². The fourth-order valence-corrected chi connectivity index (χ4v) is 12.3. The first-order chi connectivity index (χ1) is 21.3. The Morgan fingerprint density at radius 3 is 2.17 bits per heavy atom. The predicted molar refractivity (Wildman–Crippen MR) is 170 cm³/mol. The van der Waals surface area contributed by atoms with E-state index in [4.69, 9.17) is 14.2 Å². The molecule has 4 N–H and O–H groups in total. The van der Waals surface area contributed by atoms with E-state index in [1.165, 1.54) is 12.7 Å². The van der Waals surface area contributed by atoms with Gasteiger partial charge in [0.05, 0.1) is 18.6 Å². The van der Waals surface area contributed by atoms with E-state index in [0.717, 1.165) is 64.2 Å². The van der Waals surface area contributed by atoms with Crippen molar-refractivity contribution in [3.05, 3.63) is 11.6 Å². The van der Waals surface area contributed by atoms with Crippen LogP contribution >= 0.6 is 0 Å². The normalized spacial score (nSPS) is 50.9. The number of aliphatic hydroxyl groups excluding tert-OH is 3. The Morgan fingerprint density at radius 2 is 1.52 bits per heavy atom. The molecule has 1 saturated heterocycles. The van der Waals surface area contributed by atoms with E-state index in [-0.39, 0.29) is 39.1 Å². The average Bonchev–Trinajstić information content (AvgIpc) is 2.98. The van der Waals surface area contributed by atoms with Crippen LogP contribution in [0, 0.1) is 50.2 Å². The van der Waals surface area contributed by atoms with Crippen LogP contribution in [-0.2, 0) is 23.8 Å². The molecule has 1 heterocycles. The summed E-state index contributed by atoms with van der Waals surface area (Å²) < 4.78 is 17.0. The number of hydrogen-bond acceptors (Lipinski definition) is 8. The summed E-state index contributed by atoms with van der Waals surface area (Å²) >= 11 is 0. The van der Waals surface area contributed by atoms with Gasteiger partial charge in [-0.1, -0.05) is 60.1 Å². The molecule has 5 fully saturated rings. The lowest BCUT2D eigenvalue weighted by Crippen LogP contribution is -2.66.